The van der Waals surface area contributed by atoms with E-state index < -0.39 is 10.0 Å². The Balaban J connectivity index is 1.59. The van der Waals surface area contributed by atoms with Crippen LogP contribution in [0.25, 0.3) is 0 Å². The van der Waals surface area contributed by atoms with E-state index in [1.54, 1.807) is 11.0 Å². The molecule has 1 atom stereocenters. The first-order valence-electron chi connectivity index (χ1n) is 10.3. The molecule has 0 saturated carbocycles. The van der Waals surface area contributed by atoms with Gasteiger partial charge in [0.1, 0.15) is 0 Å². The van der Waals surface area contributed by atoms with Crippen LogP contribution in [0.3, 0.4) is 0 Å². The van der Waals surface area contributed by atoms with Crippen molar-refractivity contribution < 1.29 is 13.2 Å². The number of nitrogens with zero attached hydrogens (tertiary/aromatic N) is 3. The van der Waals surface area contributed by atoms with Gasteiger partial charge in [0.25, 0.3) is 0 Å². The van der Waals surface area contributed by atoms with Crippen LogP contribution < -0.4 is 0 Å². The number of likely N-dealkylation sites (N-methyl/N-ethyl adjacent to an activating group) is 1. The second-order valence-corrected chi connectivity index (χ2v) is 9.95. The molecule has 1 aliphatic rings. The average Bonchev–Trinajstić information content (AvgIpc) is 2.75. The predicted octanol–water partition coefficient (Wildman–Crippen LogP) is 2.83. The van der Waals surface area contributed by atoms with Crippen molar-refractivity contribution in [3.63, 3.8) is 0 Å². The van der Waals surface area contributed by atoms with Gasteiger partial charge in [-0.1, -0.05) is 42.5 Å². The Kier molecular flexibility index (Phi) is 6.95. The predicted molar refractivity (Wildman–Crippen MR) is 119 cm³/mol. The van der Waals surface area contributed by atoms with Gasteiger partial charge in [-0.3, -0.25) is 9.69 Å². The van der Waals surface area contributed by atoms with E-state index in [1.807, 2.05) is 75.2 Å². The van der Waals surface area contributed by atoms with Crippen molar-refractivity contribution in [3.8, 4) is 0 Å². The maximum atomic E-state index is 13.1. The number of sulfonamides is 1. The monoisotopic (exact) mass is 429 g/mol. The lowest BCUT2D eigenvalue weighted by molar-refractivity contribution is -0.133. The van der Waals surface area contributed by atoms with Gasteiger partial charge in [-0.2, -0.15) is 4.31 Å². The van der Waals surface area contributed by atoms with Gasteiger partial charge < -0.3 is 4.90 Å². The lowest BCUT2D eigenvalue weighted by Crippen LogP contribution is -2.51. The van der Waals surface area contributed by atoms with Crippen molar-refractivity contribution in [2.24, 2.45) is 0 Å². The maximum absolute atomic E-state index is 13.1. The first kappa shape index (κ1) is 22.5. The standard InChI is InChI=1S/C23H31N3O3S/c1-18-10-11-19(2)22(16-18)30(28,29)26-14-12-25(13-15-26)17-23(27)24(4)20(3)21-8-6-5-7-9-21/h5-11,16,20H,12-15,17H2,1-4H3. The molecular weight excluding hydrogens is 398 g/mol. The highest BCUT2D eigenvalue weighted by atomic mass is 32.2. The molecule has 30 heavy (non-hydrogen) atoms. The van der Waals surface area contributed by atoms with Crippen LogP contribution in [-0.2, 0) is 14.8 Å². The fraction of sp³-hybridized carbons (Fsp3) is 0.435. The number of aryl methyl sites for hydroxylation is 2. The van der Waals surface area contributed by atoms with Crippen molar-refractivity contribution >= 4 is 15.9 Å². The van der Waals surface area contributed by atoms with E-state index in [9.17, 15) is 13.2 Å². The van der Waals surface area contributed by atoms with Crippen LogP contribution in [0.15, 0.2) is 53.4 Å². The van der Waals surface area contributed by atoms with E-state index in [1.165, 1.54) is 4.31 Å². The van der Waals surface area contributed by atoms with Gasteiger partial charge in [0.05, 0.1) is 17.5 Å². The summed E-state index contributed by atoms with van der Waals surface area (Å²) in [5.41, 5.74) is 2.78. The fourth-order valence-corrected chi connectivity index (χ4v) is 5.46. The smallest absolute Gasteiger partial charge is 0.243 e. The minimum atomic E-state index is -3.52. The molecule has 0 aliphatic carbocycles. The molecule has 1 amide bonds. The molecule has 0 bridgehead atoms. The molecule has 1 unspecified atom stereocenters. The number of carbonyl (C=O) groups excluding carboxylic acids is 1. The first-order valence-corrected chi connectivity index (χ1v) is 11.7. The second-order valence-electron chi connectivity index (χ2n) is 8.04. The van der Waals surface area contributed by atoms with Gasteiger partial charge in [-0.15, -0.1) is 0 Å². The lowest BCUT2D eigenvalue weighted by atomic mass is 10.1. The zero-order valence-electron chi connectivity index (χ0n) is 18.2. The van der Waals surface area contributed by atoms with Crippen molar-refractivity contribution in [2.45, 2.75) is 31.7 Å². The topological polar surface area (TPSA) is 60.9 Å². The normalized spacial score (nSPS) is 16.9. The van der Waals surface area contributed by atoms with E-state index in [4.69, 9.17) is 0 Å². The molecule has 0 N–H and O–H groups in total. The molecule has 0 radical (unpaired) electrons. The number of piperazine rings is 1. The Labute approximate surface area is 180 Å². The number of amides is 1. The van der Waals surface area contributed by atoms with Crippen molar-refractivity contribution in [3.05, 3.63) is 65.2 Å². The molecule has 0 spiro atoms. The first-order chi connectivity index (χ1) is 14.2. The van der Waals surface area contributed by atoms with Crippen LogP contribution in [0.5, 0.6) is 0 Å². The fourth-order valence-electron chi connectivity index (χ4n) is 3.73. The molecule has 1 aliphatic heterocycles. The van der Waals surface area contributed by atoms with Gasteiger partial charge in [0.2, 0.25) is 15.9 Å². The molecule has 2 aromatic rings. The lowest BCUT2D eigenvalue weighted by Gasteiger charge is -2.35. The van der Waals surface area contributed by atoms with Crippen LogP contribution in [0.1, 0.15) is 29.7 Å². The zero-order chi connectivity index (χ0) is 21.9. The van der Waals surface area contributed by atoms with E-state index >= 15 is 0 Å². The highest BCUT2D eigenvalue weighted by Gasteiger charge is 2.30. The van der Waals surface area contributed by atoms with Crippen LogP contribution >= 0.6 is 0 Å². The molecule has 1 fully saturated rings. The molecule has 7 heteroatoms. The van der Waals surface area contributed by atoms with E-state index in [0.717, 1.165) is 16.7 Å². The van der Waals surface area contributed by atoms with Crippen molar-refractivity contribution in [1.82, 2.24) is 14.1 Å². The Hall–Kier alpha value is -2.22. The molecule has 2 aromatic carbocycles. The van der Waals surface area contributed by atoms with E-state index in [0.29, 0.717) is 37.6 Å². The Morgan fingerprint density at radius 2 is 1.67 bits per heavy atom. The summed E-state index contributed by atoms with van der Waals surface area (Å²) in [4.78, 5) is 16.9. The average molecular weight is 430 g/mol. The summed E-state index contributed by atoms with van der Waals surface area (Å²) in [5.74, 6) is 0.0391. The number of hydrogen-bond donors (Lipinski definition) is 0. The van der Waals surface area contributed by atoms with Crippen molar-refractivity contribution in [2.75, 3.05) is 39.8 Å². The van der Waals surface area contributed by atoms with Crippen molar-refractivity contribution in [1.29, 1.82) is 0 Å². The molecule has 6 nitrogen and oxygen atoms in total. The molecular formula is C23H31N3O3S. The zero-order valence-corrected chi connectivity index (χ0v) is 19.0. The molecule has 162 valence electrons. The molecule has 1 heterocycles. The van der Waals surface area contributed by atoms with Gasteiger partial charge in [0.15, 0.2) is 0 Å². The van der Waals surface area contributed by atoms with Crippen LogP contribution in [0, 0.1) is 13.8 Å². The Bertz CT molecular complexity index is 984. The second kappa shape index (κ2) is 9.29. The summed E-state index contributed by atoms with van der Waals surface area (Å²) in [6.07, 6.45) is 0. The van der Waals surface area contributed by atoms with Gasteiger partial charge in [0, 0.05) is 33.2 Å². The van der Waals surface area contributed by atoms with Crippen LogP contribution in [0.4, 0.5) is 0 Å². The summed E-state index contributed by atoms with van der Waals surface area (Å²) in [6.45, 7) is 7.90. The molecule has 1 saturated heterocycles. The Morgan fingerprint density at radius 3 is 2.30 bits per heavy atom. The third-order valence-corrected chi connectivity index (χ3v) is 7.95. The van der Waals surface area contributed by atoms with Gasteiger partial charge in [-0.05, 0) is 43.5 Å². The summed E-state index contributed by atoms with van der Waals surface area (Å²) in [5, 5.41) is 0. The molecule has 0 aromatic heterocycles. The van der Waals surface area contributed by atoms with Gasteiger partial charge >= 0.3 is 0 Å². The van der Waals surface area contributed by atoms with Crippen LogP contribution in [-0.4, -0.2) is 68.2 Å². The number of benzene rings is 2. The quantitative estimate of drug-likeness (QED) is 0.709. The summed E-state index contributed by atoms with van der Waals surface area (Å²) in [7, 11) is -1.70. The summed E-state index contributed by atoms with van der Waals surface area (Å²) < 4.78 is 27.7. The summed E-state index contributed by atoms with van der Waals surface area (Å²) in [6, 6.07) is 15.4. The molecule has 3 rings (SSSR count). The number of carbonyl (C=O) groups is 1. The largest absolute Gasteiger partial charge is 0.338 e. The van der Waals surface area contributed by atoms with Gasteiger partial charge in [-0.25, -0.2) is 8.42 Å². The maximum Gasteiger partial charge on any atom is 0.243 e. The third kappa shape index (κ3) is 4.91. The summed E-state index contributed by atoms with van der Waals surface area (Å²) >= 11 is 0. The minimum Gasteiger partial charge on any atom is -0.338 e. The Morgan fingerprint density at radius 1 is 1.03 bits per heavy atom. The SMILES string of the molecule is Cc1ccc(C)c(S(=O)(=O)N2CCN(CC(=O)N(C)C(C)c3ccccc3)CC2)c1. The van der Waals surface area contributed by atoms with Crippen LogP contribution in [0.2, 0.25) is 0 Å². The minimum absolute atomic E-state index is 0.00957. The third-order valence-electron chi connectivity index (χ3n) is 5.91. The highest BCUT2D eigenvalue weighted by molar-refractivity contribution is 7.89. The van der Waals surface area contributed by atoms with E-state index in [2.05, 4.69) is 0 Å². The van der Waals surface area contributed by atoms with E-state index in [-0.39, 0.29) is 11.9 Å². The number of hydrogen-bond acceptors (Lipinski definition) is 4. The number of rotatable bonds is 6. The highest BCUT2D eigenvalue weighted by Crippen LogP contribution is 2.23.